The number of rotatable bonds is 11. The van der Waals surface area contributed by atoms with Crippen molar-refractivity contribution >= 4 is 11.8 Å². The molecule has 2 rings (SSSR count). The first kappa shape index (κ1) is 29.3. The zero-order valence-corrected chi connectivity index (χ0v) is 21.3. The molecule has 0 radical (unpaired) electrons. The predicted molar refractivity (Wildman–Crippen MR) is 132 cm³/mol. The minimum Gasteiger partial charge on any atom is -0.355 e. The Morgan fingerprint density at radius 2 is 1.64 bits per heavy atom. The summed E-state index contributed by atoms with van der Waals surface area (Å²) in [5.74, 6) is -2.26. The van der Waals surface area contributed by atoms with Crippen LogP contribution < -0.4 is 10.6 Å². The van der Waals surface area contributed by atoms with Crippen LogP contribution in [0.25, 0.3) is 0 Å². The number of nitrogens with one attached hydrogen (secondary N) is 2. The van der Waals surface area contributed by atoms with E-state index >= 15 is 0 Å². The van der Waals surface area contributed by atoms with E-state index < -0.39 is 30.0 Å². The van der Waals surface area contributed by atoms with Gasteiger partial charge in [-0.1, -0.05) is 57.2 Å². The van der Waals surface area contributed by atoms with Crippen molar-refractivity contribution in [2.75, 3.05) is 20.6 Å². The molecule has 2 amide bonds. The van der Waals surface area contributed by atoms with Crippen LogP contribution in [0.3, 0.4) is 0 Å². The Morgan fingerprint density at radius 3 is 2.17 bits per heavy atom. The summed E-state index contributed by atoms with van der Waals surface area (Å²) in [6.07, 6.45) is -5.60. The van der Waals surface area contributed by atoms with Gasteiger partial charge >= 0.3 is 0 Å². The quantitative estimate of drug-likeness (QED) is 0.334. The highest BCUT2D eigenvalue weighted by Gasteiger charge is 2.29. The van der Waals surface area contributed by atoms with Gasteiger partial charge in [-0.3, -0.25) is 9.59 Å². The van der Waals surface area contributed by atoms with Crippen molar-refractivity contribution in [3.8, 4) is 0 Å². The Labute approximate surface area is 210 Å². The van der Waals surface area contributed by atoms with Crippen LogP contribution in [0.2, 0.25) is 0 Å². The maximum atomic E-state index is 14.5. The number of benzene rings is 2. The van der Waals surface area contributed by atoms with E-state index in [9.17, 15) is 27.2 Å². The number of hydrogen-bond acceptors (Lipinski definition) is 3. The largest absolute Gasteiger partial charge is 0.355 e. The van der Waals surface area contributed by atoms with Gasteiger partial charge in [-0.15, -0.1) is 0 Å². The minimum absolute atomic E-state index is 0.0262. The minimum atomic E-state index is -3.40. The number of likely N-dealkylation sites (N-methyl/N-ethyl adjacent to an activating group) is 1. The Morgan fingerprint density at radius 1 is 1.00 bits per heavy atom. The summed E-state index contributed by atoms with van der Waals surface area (Å²) in [6, 6.07) is 13.5. The van der Waals surface area contributed by atoms with Gasteiger partial charge in [0.25, 0.3) is 12.3 Å². The van der Waals surface area contributed by atoms with Crippen molar-refractivity contribution in [3.63, 3.8) is 0 Å². The highest BCUT2D eigenvalue weighted by atomic mass is 19.3. The van der Waals surface area contributed by atoms with Crippen molar-refractivity contribution in [2.24, 2.45) is 5.41 Å². The van der Waals surface area contributed by atoms with Crippen molar-refractivity contribution in [1.82, 2.24) is 15.5 Å². The number of hydrogen-bond donors (Lipinski definition) is 2. The third-order valence-corrected chi connectivity index (χ3v) is 6.14. The van der Waals surface area contributed by atoms with Gasteiger partial charge in [-0.05, 0) is 55.1 Å². The topological polar surface area (TPSA) is 61.4 Å². The lowest BCUT2D eigenvalue weighted by Crippen LogP contribution is -2.42. The molecule has 36 heavy (non-hydrogen) atoms. The van der Waals surface area contributed by atoms with Crippen LogP contribution in [-0.2, 0) is 11.2 Å². The van der Waals surface area contributed by atoms with Crippen LogP contribution in [0, 0.1) is 11.2 Å². The van der Waals surface area contributed by atoms with E-state index in [1.807, 2.05) is 49.3 Å². The molecule has 0 heterocycles. The second-order valence-electron chi connectivity index (χ2n) is 10.2. The SMILES string of the molecule is CN(C)C(CNC(=O)CC(c1ccccc1)C(C)(C)C)Cc1ccc(C(=O)NC(F)C(F)F)c(F)c1. The highest BCUT2D eigenvalue weighted by molar-refractivity contribution is 5.94. The molecule has 0 bridgehead atoms. The summed E-state index contributed by atoms with van der Waals surface area (Å²) in [5, 5.41) is 4.42. The summed E-state index contributed by atoms with van der Waals surface area (Å²) >= 11 is 0. The number of halogens is 4. The Kier molecular flexibility index (Phi) is 10.5. The predicted octanol–water partition coefficient (Wildman–Crippen LogP) is 4.93. The van der Waals surface area contributed by atoms with E-state index in [0.29, 0.717) is 24.9 Å². The van der Waals surface area contributed by atoms with Crippen molar-refractivity contribution < 1.29 is 27.2 Å². The maximum absolute atomic E-state index is 14.5. The van der Waals surface area contributed by atoms with Crippen LogP contribution in [0.1, 0.15) is 54.6 Å². The average molecular weight is 510 g/mol. The third-order valence-electron chi connectivity index (χ3n) is 6.14. The standard InChI is InChI=1S/C27H35F4N3O2/c1-27(2,3)21(18-9-7-6-8-10-18)15-23(35)32-16-19(34(4)5)13-17-11-12-20(22(28)14-17)26(36)33-25(31)24(29)30/h6-12,14,19,21,24-25H,13,15-16H2,1-5H3,(H,32,35)(H,33,36). The average Bonchev–Trinajstić information content (AvgIpc) is 2.79. The first-order valence-electron chi connectivity index (χ1n) is 11.8. The number of carbonyl (C=O) groups excluding carboxylic acids is 2. The van der Waals surface area contributed by atoms with Gasteiger partial charge in [-0.25, -0.2) is 17.6 Å². The van der Waals surface area contributed by atoms with Gasteiger partial charge in [0.05, 0.1) is 5.56 Å². The lowest BCUT2D eigenvalue weighted by atomic mass is 9.74. The summed E-state index contributed by atoms with van der Waals surface area (Å²) in [7, 11) is 3.67. The van der Waals surface area contributed by atoms with Gasteiger partial charge < -0.3 is 15.5 Å². The molecule has 0 aliphatic rings. The van der Waals surface area contributed by atoms with Crippen molar-refractivity contribution in [1.29, 1.82) is 0 Å². The van der Waals surface area contributed by atoms with Gasteiger partial charge in [0, 0.05) is 19.0 Å². The second kappa shape index (κ2) is 12.9. The summed E-state index contributed by atoms with van der Waals surface area (Å²) < 4.78 is 52.2. The number of carbonyl (C=O) groups is 2. The molecule has 0 saturated carbocycles. The number of alkyl halides is 3. The normalized spacial score (nSPS) is 14.4. The van der Waals surface area contributed by atoms with Crippen LogP contribution in [0.15, 0.2) is 48.5 Å². The molecule has 0 aliphatic carbocycles. The molecule has 2 aromatic rings. The van der Waals surface area contributed by atoms with Gasteiger partial charge in [-0.2, -0.15) is 0 Å². The molecule has 5 nitrogen and oxygen atoms in total. The number of nitrogens with zero attached hydrogens (tertiary/aromatic N) is 1. The van der Waals surface area contributed by atoms with Crippen molar-refractivity contribution in [3.05, 3.63) is 71.0 Å². The van der Waals surface area contributed by atoms with E-state index in [1.165, 1.54) is 11.4 Å². The van der Waals surface area contributed by atoms with Crippen LogP contribution in [0.4, 0.5) is 17.6 Å². The molecule has 0 aromatic heterocycles. The molecule has 198 valence electrons. The van der Waals surface area contributed by atoms with E-state index in [1.54, 1.807) is 0 Å². The smallest absolute Gasteiger partial charge is 0.287 e. The van der Waals surface area contributed by atoms with E-state index in [-0.39, 0.29) is 23.3 Å². The summed E-state index contributed by atoms with van der Waals surface area (Å²) in [6.45, 7) is 6.61. The Hall–Kier alpha value is -2.94. The first-order valence-corrected chi connectivity index (χ1v) is 11.8. The highest BCUT2D eigenvalue weighted by Crippen LogP contribution is 2.37. The number of amides is 2. The Balaban J connectivity index is 2.03. The zero-order valence-electron chi connectivity index (χ0n) is 21.3. The fourth-order valence-corrected chi connectivity index (χ4v) is 3.94. The molecule has 3 unspecified atom stereocenters. The second-order valence-corrected chi connectivity index (χ2v) is 10.2. The maximum Gasteiger partial charge on any atom is 0.287 e. The van der Waals surface area contributed by atoms with Gasteiger partial charge in [0.15, 0.2) is 0 Å². The summed E-state index contributed by atoms with van der Waals surface area (Å²) in [5.41, 5.74) is 0.991. The molecule has 3 atom stereocenters. The zero-order chi connectivity index (χ0) is 27.0. The molecule has 0 saturated heterocycles. The lowest BCUT2D eigenvalue weighted by molar-refractivity contribution is -0.122. The Bertz CT molecular complexity index is 1010. The molecule has 0 fully saturated rings. The van der Waals surface area contributed by atoms with E-state index in [4.69, 9.17) is 0 Å². The van der Waals surface area contributed by atoms with Crippen molar-refractivity contribution in [2.45, 2.75) is 58.3 Å². The monoisotopic (exact) mass is 509 g/mol. The molecule has 0 aliphatic heterocycles. The molecule has 0 spiro atoms. The molecular weight excluding hydrogens is 474 g/mol. The fourth-order valence-electron chi connectivity index (χ4n) is 3.94. The van der Waals surface area contributed by atoms with Gasteiger partial charge in [0.1, 0.15) is 5.82 Å². The third kappa shape index (κ3) is 8.62. The van der Waals surface area contributed by atoms with Crippen LogP contribution >= 0.6 is 0 Å². The van der Waals surface area contributed by atoms with E-state index in [0.717, 1.165) is 17.7 Å². The van der Waals surface area contributed by atoms with E-state index in [2.05, 4.69) is 26.1 Å². The molecule has 2 aromatic carbocycles. The molecular formula is C27H35F4N3O2. The molecule has 2 N–H and O–H groups in total. The molecule has 9 heteroatoms. The fraction of sp³-hybridized carbons (Fsp3) is 0.481. The van der Waals surface area contributed by atoms with Crippen LogP contribution in [0.5, 0.6) is 0 Å². The van der Waals surface area contributed by atoms with Crippen LogP contribution in [-0.4, -0.2) is 56.1 Å². The van der Waals surface area contributed by atoms with Gasteiger partial charge in [0.2, 0.25) is 12.2 Å². The first-order chi connectivity index (χ1) is 16.8. The summed E-state index contributed by atoms with van der Waals surface area (Å²) in [4.78, 5) is 26.6. The lowest BCUT2D eigenvalue weighted by Gasteiger charge is -2.31.